The predicted octanol–water partition coefficient (Wildman–Crippen LogP) is 0.810. The highest BCUT2D eigenvalue weighted by molar-refractivity contribution is 6.07. The van der Waals surface area contributed by atoms with Crippen LogP contribution in [-0.4, -0.2) is 41.4 Å². The number of rotatable bonds is 2. The van der Waals surface area contributed by atoms with Crippen molar-refractivity contribution in [3.63, 3.8) is 0 Å². The Morgan fingerprint density at radius 2 is 2.14 bits per heavy atom. The molecule has 2 aliphatic heterocycles. The Labute approximate surface area is 128 Å². The normalized spacial score (nSPS) is 25.5. The summed E-state index contributed by atoms with van der Waals surface area (Å²) >= 11 is 0. The number of hydrogen-bond acceptors (Lipinski definition) is 4. The van der Waals surface area contributed by atoms with Gasteiger partial charge in [-0.1, -0.05) is 0 Å². The minimum atomic E-state index is -0.964. The molecule has 2 saturated heterocycles. The van der Waals surface area contributed by atoms with Gasteiger partial charge in [-0.2, -0.15) is 0 Å². The first-order valence-electron chi connectivity index (χ1n) is 7.32. The van der Waals surface area contributed by atoms with Crippen LogP contribution in [0.2, 0.25) is 0 Å². The van der Waals surface area contributed by atoms with Crippen LogP contribution in [0.5, 0.6) is 0 Å². The highest BCUT2D eigenvalue weighted by Crippen LogP contribution is 2.30. The van der Waals surface area contributed by atoms with E-state index in [1.54, 1.807) is 4.90 Å². The molecule has 7 heteroatoms. The Bertz CT molecular complexity index is 666. The zero-order valence-electron chi connectivity index (χ0n) is 12.9. The standard InChI is InChI=1S/C15H19N3O4/c1-8-6-11(10(3)22-8)9(2)12(19)18-5-4-15(7-18)13(20)16-14(21)17-15/h6,9H,4-5,7H2,1-3H3,(H2,16,17,20,21)/t9-,15-/m0/s1. The Kier molecular flexibility index (Phi) is 3.23. The van der Waals surface area contributed by atoms with Crippen molar-refractivity contribution >= 4 is 17.8 Å². The second kappa shape index (κ2) is 4.86. The number of nitrogens with one attached hydrogen (secondary N) is 2. The number of aryl methyl sites for hydroxylation is 2. The van der Waals surface area contributed by atoms with E-state index in [9.17, 15) is 14.4 Å². The number of likely N-dealkylation sites (tertiary alicyclic amines) is 1. The zero-order chi connectivity index (χ0) is 16.1. The van der Waals surface area contributed by atoms with Crippen LogP contribution in [0, 0.1) is 13.8 Å². The van der Waals surface area contributed by atoms with Gasteiger partial charge in [0.05, 0.1) is 12.5 Å². The highest BCUT2D eigenvalue weighted by atomic mass is 16.3. The number of carbonyl (C=O) groups excluding carboxylic acids is 3. The van der Waals surface area contributed by atoms with Crippen molar-refractivity contribution < 1.29 is 18.8 Å². The van der Waals surface area contributed by atoms with Crippen LogP contribution in [0.15, 0.2) is 10.5 Å². The molecule has 2 aliphatic rings. The van der Waals surface area contributed by atoms with E-state index in [0.29, 0.717) is 13.0 Å². The zero-order valence-corrected chi connectivity index (χ0v) is 12.9. The maximum atomic E-state index is 12.7. The maximum absolute atomic E-state index is 12.7. The number of hydrogen-bond donors (Lipinski definition) is 2. The monoisotopic (exact) mass is 305 g/mol. The third-order valence-corrected chi connectivity index (χ3v) is 4.51. The van der Waals surface area contributed by atoms with Gasteiger partial charge >= 0.3 is 6.03 Å². The average Bonchev–Trinajstić information content (AvgIpc) is 3.08. The van der Waals surface area contributed by atoms with Crippen LogP contribution in [0.4, 0.5) is 4.79 Å². The second-order valence-corrected chi connectivity index (χ2v) is 6.09. The lowest BCUT2D eigenvalue weighted by atomic mass is 9.98. The Morgan fingerprint density at radius 1 is 1.41 bits per heavy atom. The molecule has 0 bridgehead atoms. The fourth-order valence-electron chi connectivity index (χ4n) is 3.30. The fourth-order valence-corrected chi connectivity index (χ4v) is 3.30. The molecule has 7 nitrogen and oxygen atoms in total. The third kappa shape index (κ3) is 2.17. The lowest BCUT2D eigenvalue weighted by Crippen LogP contribution is -2.50. The molecule has 0 aliphatic carbocycles. The molecule has 2 N–H and O–H groups in total. The summed E-state index contributed by atoms with van der Waals surface area (Å²) in [6, 6.07) is 1.38. The number of furan rings is 1. The molecule has 0 unspecified atom stereocenters. The summed E-state index contributed by atoms with van der Waals surface area (Å²) in [5, 5.41) is 4.89. The lowest BCUT2D eigenvalue weighted by molar-refractivity contribution is -0.132. The molecule has 0 saturated carbocycles. The molecule has 1 spiro atoms. The molecule has 2 fully saturated rings. The summed E-state index contributed by atoms with van der Waals surface area (Å²) in [7, 11) is 0. The molecule has 3 rings (SSSR count). The summed E-state index contributed by atoms with van der Waals surface area (Å²) in [4.78, 5) is 37.6. The van der Waals surface area contributed by atoms with Gasteiger partial charge in [-0.25, -0.2) is 4.79 Å². The first-order valence-corrected chi connectivity index (χ1v) is 7.32. The van der Waals surface area contributed by atoms with Gasteiger partial charge in [0.1, 0.15) is 17.1 Å². The van der Waals surface area contributed by atoms with Crippen molar-refractivity contribution in [2.24, 2.45) is 0 Å². The minimum absolute atomic E-state index is 0.0604. The van der Waals surface area contributed by atoms with Crippen LogP contribution < -0.4 is 10.6 Å². The van der Waals surface area contributed by atoms with E-state index in [1.807, 2.05) is 26.8 Å². The summed E-state index contributed by atoms with van der Waals surface area (Å²) in [5.74, 6) is 0.755. The Morgan fingerprint density at radius 3 is 2.68 bits per heavy atom. The lowest BCUT2D eigenvalue weighted by Gasteiger charge is -2.23. The van der Waals surface area contributed by atoms with Gasteiger partial charge in [-0.05, 0) is 33.3 Å². The molecule has 0 aromatic carbocycles. The van der Waals surface area contributed by atoms with Crippen LogP contribution in [0.3, 0.4) is 0 Å². The van der Waals surface area contributed by atoms with E-state index in [0.717, 1.165) is 17.1 Å². The van der Waals surface area contributed by atoms with Crippen LogP contribution in [0.25, 0.3) is 0 Å². The molecule has 4 amide bonds. The molecule has 118 valence electrons. The first kappa shape index (κ1) is 14.6. The van der Waals surface area contributed by atoms with Gasteiger partial charge in [0.15, 0.2) is 0 Å². The van der Waals surface area contributed by atoms with Crippen molar-refractivity contribution in [2.75, 3.05) is 13.1 Å². The smallest absolute Gasteiger partial charge is 0.322 e. The van der Waals surface area contributed by atoms with Crippen LogP contribution in [-0.2, 0) is 9.59 Å². The molecule has 2 atom stereocenters. The van der Waals surface area contributed by atoms with E-state index < -0.39 is 11.6 Å². The van der Waals surface area contributed by atoms with Gasteiger partial charge in [0.25, 0.3) is 5.91 Å². The highest BCUT2D eigenvalue weighted by Gasteiger charge is 2.52. The van der Waals surface area contributed by atoms with Gasteiger partial charge < -0.3 is 14.6 Å². The van der Waals surface area contributed by atoms with Crippen LogP contribution in [0.1, 0.15) is 36.3 Å². The van der Waals surface area contributed by atoms with Gasteiger partial charge in [-0.15, -0.1) is 0 Å². The minimum Gasteiger partial charge on any atom is -0.466 e. The molecular formula is C15H19N3O4. The van der Waals surface area contributed by atoms with Crippen molar-refractivity contribution in [1.29, 1.82) is 0 Å². The molecule has 0 radical (unpaired) electrons. The summed E-state index contributed by atoms with van der Waals surface area (Å²) in [5.41, 5.74) is -0.100. The summed E-state index contributed by atoms with van der Waals surface area (Å²) in [6.07, 6.45) is 0.437. The largest absolute Gasteiger partial charge is 0.466 e. The van der Waals surface area contributed by atoms with E-state index >= 15 is 0 Å². The third-order valence-electron chi connectivity index (χ3n) is 4.51. The number of imide groups is 1. The quantitative estimate of drug-likeness (QED) is 0.791. The van der Waals surface area contributed by atoms with Crippen LogP contribution >= 0.6 is 0 Å². The van der Waals surface area contributed by atoms with E-state index in [4.69, 9.17) is 4.42 Å². The number of carbonyl (C=O) groups is 3. The second-order valence-electron chi connectivity index (χ2n) is 6.09. The van der Waals surface area contributed by atoms with E-state index in [1.165, 1.54) is 0 Å². The molecule has 22 heavy (non-hydrogen) atoms. The Hall–Kier alpha value is -2.31. The van der Waals surface area contributed by atoms with Crippen molar-refractivity contribution in [3.8, 4) is 0 Å². The number of nitrogens with zero attached hydrogens (tertiary/aromatic N) is 1. The van der Waals surface area contributed by atoms with E-state index in [-0.39, 0.29) is 24.3 Å². The summed E-state index contributed by atoms with van der Waals surface area (Å²) in [6.45, 7) is 6.17. The van der Waals surface area contributed by atoms with Gasteiger partial charge in [0, 0.05) is 12.1 Å². The van der Waals surface area contributed by atoms with Crippen molar-refractivity contribution in [2.45, 2.75) is 38.6 Å². The average molecular weight is 305 g/mol. The van der Waals surface area contributed by atoms with Crippen molar-refractivity contribution in [1.82, 2.24) is 15.5 Å². The number of urea groups is 1. The fraction of sp³-hybridized carbons (Fsp3) is 0.533. The summed E-state index contributed by atoms with van der Waals surface area (Å²) < 4.78 is 5.48. The number of amides is 4. The Balaban J connectivity index is 1.76. The predicted molar refractivity (Wildman–Crippen MR) is 77.2 cm³/mol. The SMILES string of the molecule is Cc1cc([C@H](C)C(=O)N2CC[C@@]3(C2)NC(=O)NC3=O)c(C)o1. The molecule has 1 aromatic heterocycles. The van der Waals surface area contributed by atoms with Crippen molar-refractivity contribution in [3.05, 3.63) is 23.2 Å². The maximum Gasteiger partial charge on any atom is 0.322 e. The van der Waals surface area contributed by atoms with Gasteiger partial charge in [0.2, 0.25) is 5.91 Å². The topological polar surface area (TPSA) is 91.7 Å². The molecule has 1 aromatic rings. The van der Waals surface area contributed by atoms with Gasteiger partial charge in [-0.3, -0.25) is 14.9 Å². The first-order chi connectivity index (χ1) is 10.3. The van der Waals surface area contributed by atoms with E-state index in [2.05, 4.69) is 10.6 Å². The molecule has 3 heterocycles. The molecular weight excluding hydrogens is 286 g/mol.